The van der Waals surface area contributed by atoms with Crippen LogP contribution in [0.5, 0.6) is 0 Å². The van der Waals surface area contributed by atoms with Gasteiger partial charge in [-0.05, 0) is 53.1 Å². The number of allylic oxidation sites excluding steroid dienone is 2. The van der Waals surface area contributed by atoms with Crippen molar-refractivity contribution in [2.45, 2.75) is 65.6 Å². The summed E-state index contributed by atoms with van der Waals surface area (Å²) in [5.74, 6) is 0.265. The molecule has 0 radical (unpaired) electrons. The lowest BCUT2D eigenvalue weighted by molar-refractivity contribution is -0.117. The second-order valence-corrected chi connectivity index (χ2v) is 8.76. The molecule has 1 saturated carbocycles. The summed E-state index contributed by atoms with van der Waals surface area (Å²) in [6.45, 7) is 8.24. The van der Waals surface area contributed by atoms with E-state index >= 15 is 0 Å². The Bertz CT molecular complexity index is 617. The fourth-order valence-corrected chi connectivity index (χ4v) is 5.55. The Labute approximate surface area is 144 Å². The van der Waals surface area contributed by atoms with Crippen LogP contribution in [-0.4, -0.2) is 39.9 Å². The van der Waals surface area contributed by atoms with Crippen molar-refractivity contribution in [3.8, 4) is 0 Å². The molecule has 4 heteroatoms. The normalized spacial score (nSPS) is 42.8. The molecule has 3 rings (SSSR count). The number of hydrogen-bond acceptors (Lipinski definition) is 4. The monoisotopic (exact) mass is 334 g/mol. The maximum atomic E-state index is 12.3. The Kier molecular flexibility index (Phi) is 4.30. The van der Waals surface area contributed by atoms with Gasteiger partial charge in [0.05, 0.1) is 12.7 Å². The number of carbonyl (C=O) groups excluding carboxylic acids is 1. The van der Waals surface area contributed by atoms with Crippen molar-refractivity contribution >= 4 is 5.78 Å². The molecule has 0 heterocycles. The number of aliphatic hydroxyl groups is 3. The van der Waals surface area contributed by atoms with E-state index in [9.17, 15) is 20.1 Å². The predicted octanol–water partition coefficient (Wildman–Crippen LogP) is 2.38. The molecular formula is C20H30O4. The van der Waals surface area contributed by atoms with Gasteiger partial charge in [0.1, 0.15) is 6.10 Å². The Balaban J connectivity index is 2.20. The molecule has 0 aromatic rings. The van der Waals surface area contributed by atoms with E-state index in [0.29, 0.717) is 12.0 Å². The number of rotatable bonds is 2. The molecule has 0 aromatic carbocycles. The van der Waals surface area contributed by atoms with Crippen LogP contribution in [0.3, 0.4) is 0 Å². The van der Waals surface area contributed by atoms with Gasteiger partial charge in [0.15, 0.2) is 5.78 Å². The highest BCUT2D eigenvalue weighted by atomic mass is 16.3. The highest BCUT2D eigenvalue weighted by Gasteiger charge is 2.56. The van der Waals surface area contributed by atoms with Crippen molar-refractivity contribution in [2.24, 2.45) is 22.7 Å². The van der Waals surface area contributed by atoms with Gasteiger partial charge in [-0.15, -0.1) is 0 Å². The topological polar surface area (TPSA) is 77.8 Å². The van der Waals surface area contributed by atoms with Crippen LogP contribution in [0.4, 0.5) is 0 Å². The molecule has 0 saturated heterocycles. The molecule has 0 amide bonds. The van der Waals surface area contributed by atoms with E-state index in [4.69, 9.17) is 0 Å². The largest absolute Gasteiger partial charge is 0.392 e. The highest BCUT2D eigenvalue weighted by molar-refractivity contribution is 5.98. The van der Waals surface area contributed by atoms with Gasteiger partial charge >= 0.3 is 0 Å². The minimum absolute atomic E-state index is 0.00335. The molecule has 3 N–H and O–H groups in total. The molecule has 3 aliphatic rings. The van der Waals surface area contributed by atoms with Crippen LogP contribution in [0, 0.1) is 22.7 Å². The maximum Gasteiger partial charge on any atom is 0.161 e. The summed E-state index contributed by atoms with van der Waals surface area (Å²) in [5, 5.41) is 31.1. The fraction of sp³-hybridized carbons (Fsp3) is 0.750. The van der Waals surface area contributed by atoms with Crippen LogP contribution >= 0.6 is 0 Å². The molecule has 0 spiro atoms. The Hall–Kier alpha value is -0.970. The van der Waals surface area contributed by atoms with Gasteiger partial charge in [-0.1, -0.05) is 33.8 Å². The van der Waals surface area contributed by atoms with Crippen molar-refractivity contribution in [1.82, 2.24) is 0 Å². The lowest BCUT2D eigenvalue weighted by Gasteiger charge is -2.38. The smallest absolute Gasteiger partial charge is 0.161 e. The van der Waals surface area contributed by atoms with E-state index in [-0.39, 0.29) is 35.1 Å². The minimum atomic E-state index is -0.894. The first-order chi connectivity index (χ1) is 11.2. The molecule has 5 atom stereocenters. The molecule has 134 valence electrons. The van der Waals surface area contributed by atoms with Crippen molar-refractivity contribution in [1.29, 1.82) is 0 Å². The lowest BCUT2D eigenvalue weighted by atomic mass is 9.65. The molecule has 0 aromatic heterocycles. The van der Waals surface area contributed by atoms with Crippen molar-refractivity contribution in [3.63, 3.8) is 0 Å². The summed E-state index contributed by atoms with van der Waals surface area (Å²) in [6, 6.07) is 0. The molecule has 1 fully saturated rings. The standard InChI is InChI=1S/C20H30O4/c1-11(2)16-18(24)17(23)14-9-13-12(10-21)15(22)5-6-19(13,3)7-8-20(14,16)4/h9,11,16-18,21,23-24H,5-8,10H2,1-4H3. The van der Waals surface area contributed by atoms with Crippen molar-refractivity contribution in [3.05, 3.63) is 22.8 Å². The third kappa shape index (κ3) is 2.34. The summed E-state index contributed by atoms with van der Waals surface area (Å²) < 4.78 is 0. The van der Waals surface area contributed by atoms with Crippen molar-refractivity contribution < 1.29 is 20.1 Å². The third-order valence-corrected chi connectivity index (χ3v) is 6.99. The predicted molar refractivity (Wildman–Crippen MR) is 92.2 cm³/mol. The Morgan fingerprint density at radius 2 is 1.88 bits per heavy atom. The number of carbonyl (C=O) groups is 1. The molecule has 0 aliphatic heterocycles. The SMILES string of the molecule is CC(C)C1C(O)C(O)C2=CC3=C(CO)C(=O)CCC3(C)CCC21C. The number of fused-ring (bicyclic) bond motifs is 2. The van der Waals surface area contributed by atoms with E-state index in [1.54, 1.807) is 0 Å². The molecular weight excluding hydrogens is 304 g/mol. The van der Waals surface area contributed by atoms with Crippen LogP contribution in [0.2, 0.25) is 0 Å². The Morgan fingerprint density at radius 1 is 1.21 bits per heavy atom. The zero-order valence-corrected chi connectivity index (χ0v) is 15.2. The second kappa shape index (κ2) is 5.79. The number of ketones is 1. The van der Waals surface area contributed by atoms with E-state index < -0.39 is 12.2 Å². The average molecular weight is 334 g/mol. The van der Waals surface area contributed by atoms with E-state index in [1.165, 1.54) is 0 Å². The number of hydrogen-bond donors (Lipinski definition) is 3. The van der Waals surface area contributed by atoms with Gasteiger partial charge in [0.2, 0.25) is 0 Å². The van der Waals surface area contributed by atoms with Crippen LogP contribution in [-0.2, 0) is 4.79 Å². The highest BCUT2D eigenvalue weighted by Crippen LogP contribution is 2.59. The van der Waals surface area contributed by atoms with Crippen molar-refractivity contribution in [2.75, 3.05) is 6.61 Å². The summed E-state index contributed by atoms with van der Waals surface area (Å²) in [5.41, 5.74) is 1.81. The van der Waals surface area contributed by atoms with Crippen LogP contribution in [0.1, 0.15) is 53.4 Å². The summed E-state index contributed by atoms with van der Waals surface area (Å²) in [6.07, 6.45) is 3.33. The number of aliphatic hydroxyl groups excluding tert-OH is 3. The molecule has 5 unspecified atom stereocenters. The molecule has 4 nitrogen and oxygen atoms in total. The Morgan fingerprint density at radius 3 is 2.46 bits per heavy atom. The lowest BCUT2D eigenvalue weighted by Crippen LogP contribution is -2.35. The van der Waals surface area contributed by atoms with Gasteiger partial charge in [-0.3, -0.25) is 4.79 Å². The average Bonchev–Trinajstić information content (AvgIpc) is 2.62. The van der Waals surface area contributed by atoms with Gasteiger partial charge in [0, 0.05) is 12.0 Å². The van der Waals surface area contributed by atoms with Crippen LogP contribution in [0.25, 0.3) is 0 Å². The van der Waals surface area contributed by atoms with Gasteiger partial charge in [-0.25, -0.2) is 0 Å². The second-order valence-electron chi connectivity index (χ2n) is 8.76. The zero-order valence-electron chi connectivity index (χ0n) is 15.2. The minimum Gasteiger partial charge on any atom is -0.392 e. The molecule has 24 heavy (non-hydrogen) atoms. The van der Waals surface area contributed by atoms with Crippen LogP contribution < -0.4 is 0 Å². The quantitative estimate of drug-likeness (QED) is 0.724. The first kappa shape index (κ1) is 17.8. The summed E-state index contributed by atoms with van der Waals surface area (Å²) >= 11 is 0. The van der Waals surface area contributed by atoms with E-state index in [0.717, 1.165) is 30.4 Å². The van der Waals surface area contributed by atoms with E-state index in [1.807, 2.05) is 6.08 Å². The van der Waals surface area contributed by atoms with Gasteiger partial charge in [-0.2, -0.15) is 0 Å². The summed E-state index contributed by atoms with van der Waals surface area (Å²) in [4.78, 5) is 12.3. The molecule has 3 aliphatic carbocycles. The van der Waals surface area contributed by atoms with Crippen LogP contribution in [0.15, 0.2) is 22.8 Å². The van der Waals surface area contributed by atoms with E-state index in [2.05, 4.69) is 27.7 Å². The fourth-order valence-electron chi connectivity index (χ4n) is 5.55. The summed E-state index contributed by atoms with van der Waals surface area (Å²) in [7, 11) is 0. The first-order valence-corrected chi connectivity index (χ1v) is 9.11. The molecule has 0 bridgehead atoms. The van der Waals surface area contributed by atoms with Gasteiger partial charge in [0.25, 0.3) is 0 Å². The van der Waals surface area contributed by atoms with Gasteiger partial charge < -0.3 is 15.3 Å². The first-order valence-electron chi connectivity index (χ1n) is 9.11. The maximum absolute atomic E-state index is 12.3. The third-order valence-electron chi connectivity index (χ3n) is 6.99. The zero-order chi connectivity index (χ0) is 17.9. The number of Topliss-reactive ketones (excluding diaryl/α,β-unsaturated/α-hetero) is 1.